The number of carbonyl (C=O) groups excluding carboxylic acids is 1. The van der Waals surface area contributed by atoms with E-state index in [0.717, 1.165) is 25.0 Å². The molecule has 0 atom stereocenters. The fourth-order valence-corrected chi connectivity index (χ4v) is 3.77. The molecule has 27 heavy (non-hydrogen) atoms. The number of hydrogen-bond donors (Lipinski definition) is 2. The summed E-state index contributed by atoms with van der Waals surface area (Å²) in [5.74, 6) is -2.23. The lowest BCUT2D eigenvalue weighted by atomic mass is 10.2. The molecule has 0 radical (unpaired) electrons. The Bertz CT molecular complexity index is 955. The summed E-state index contributed by atoms with van der Waals surface area (Å²) >= 11 is 0. The number of ether oxygens (including phenoxy) is 1. The van der Waals surface area contributed by atoms with Gasteiger partial charge in [0.1, 0.15) is 23.1 Å². The van der Waals surface area contributed by atoms with Gasteiger partial charge in [-0.3, -0.25) is 4.79 Å². The molecule has 144 valence electrons. The summed E-state index contributed by atoms with van der Waals surface area (Å²) in [5.41, 5.74) is -0.0334. The smallest absolute Gasteiger partial charge is 0.262 e. The van der Waals surface area contributed by atoms with Gasteiger partial charge >= 0.3 is 0 Å². The minimum atomic E-state index is -3.59. The molecule has 3 rings (SSSR count). The first kappa shape index (κ1) is 19.2. The number of benzene rings is 2. The van der Waals surface area contributed by atoms with E-state index in [-0.39, 0.29) is 10.9 Å². The molecule has 0 unspecified atom stereocenters. The summed E-state index contributed by atoms with van der Waals surface area (Å²) in [4.78, 5) is 12.0. The molecule has 1 saturated carbocycles. The highest BCUT2D eigenvalue weighted by molar-refractivity contribution is 7.89. The topological polar surface area (TPSA) is 84.5 Å². The van der Waals surface area contributed by atoms with E-state index in [9.17, 15) is 22.0 Å². The highest BCUT2D eigenvalue weighted by Crippen LogP contribution is 2.25. The predicted octanol–water partition coefficient (Wildman–Crippen LogP) is 2.73. The molecule has 1 aliphatic rings. The van der Waals surface area contributed by atoms with Crippen LogP contribution >= 0.6 is 0 Å². The second kappa shape index (κ2) is 7.61. The average molecular weight is 396 g/mol. The van der Waals surface area contributed by atoms with Crippen LogP contribution in [0.25, 0.3) is 0 Å². The quantitative estimate of drug-likeness (QED) is 0.754. The average Bonchev–Trinajstić information content (AvgIpc) is 3.40. The van der Waals surface area contributed by atoms with Crippen LogP contribution in [0.3, 0.4) is 0 Å². The Morgan fingerprint density at radius 3 is 2.44 bits per heavy atom. The van der Waals surface area contributed by atoms with Gasteiger partial charge in [-0.05, 0) is 55.7 Å². The summed E-state index contributed by atoms with van der Waals surface area (Å²) in [7, 11) is -3.59. The van der Waals surface area contributed by atoms with Gasteiger partial charge in [-0.2, -0.15) is 0 Å². The molecule has 0 bridgehead atoms. The second-order valence-electron chi connectivity index (χ2n) is 6.26. The first-order chi connectivity index (χ1) is 12.8. The third kappa shape index (κ3) is 4.81. The zero-order valence-electron chi connectivity index (χ0n) is 14.5. The van der Waals surface area contributed by atoms with Crippen LogP contribution in [0.5, 0.6) is 5.75 Å². The highest BCUT2D eigenvalue weighted by Gasteiger charge is 2.28. The van der Waals surface area contributed by atoms with Crippen molar-refractivity contribution < 1.29 is 26.7 Å². The Morgan fingerprint density at radius 2 is 1.85 bits per heavy atom. The molecule has 2 aromatic carbocycles. The van der Waals surface area contributed by atoms with Crippen molar-refractivity contribution in [2.45, 2.75) is 30.7 Å². The molecule has 1 fully saturated rings. The van der Waals surface area contributed by atoms with Gasteiger partial charge in [0.2, 0.25) is 10.0 Å². The molecule has 1 amide bonds. The maximum absolute atomic E-state index is 13.5. The van der Waals surface area contributed by atoms with Crippen LogP contribution in [0.2, 0.25) is 0 Å². The van der Waals surface area contributed by atoms with Crippen LogP contribution in [0.4, 0.5) is 14.5 Å². The fraction of sp³-hybridized carbons (Fsp3) is 0.278. The molecule has 0 heterocycles. The van der Waals surface area contributed by atoms with E-state index in [1.165, 1.54) is 24.3 Å². The summed E-state index contributed by atoms with van der Waals surface area (Å²) < 4.78 is 59.4. The number of anilines is 1. The lowest BCUT2D eigenvalue weighted by Crippen LogP contribution is -2.25. The normalized spacial score (nSPS) is 14.0. The molecule has 0 aromatic heterocycles. The van der Waals surface area contributed by atoms with Crippen molar-refractivity contribution in [3.8, 4) is 5.75 Å². The Hall–Kier alpha value is -2.52. The largest absolute Gasteiger partial charge is 0.483 e. The molecule has 6 nitrogen and oxygen atoms in total. The number of halogens is 2. The molecule has 2 aromatic rings. The molecule has 0 saturated heterocycles. The SMILES string of the molecule is Cc1cc(S(=O)(=O)NC2CC2)ccc1OCC(=O)Nc1c(F)cccc1F. The van der Waals surface area contributed by atoms with Crippen LogP contribution in [-0.4, -0.2) is 27.0 Å². The van der Waals surface area contributed by atoms with Crippen molar-refractivity contribution >= 4 is 21.6 Å². The lowest BCUT2D eigenvalue weighted by molar-refractivity contribution is -0.118. The van der Waals surface area contributed by atoms with Gasteiger partial charge < -0.3 is 10.1 Å². The molecule has 2 N–H and O–H groups in total. The maximum Gasteiger partial charge on any atom is 0.262 e. The number of rotatable bonds is 7. The van der Waals surface area contributed by atoms with Crippen LogP contribution in [0.1, 0.15) is 18.4 Å². The van der Waals surface area contributed by atoms with Gasteiger partial charge in [-0.1, -0.05) is 6.07 Å². The van der Waals surface area contributed by atoms with Crippen molar-refractivity contribution in [2.75, 3.05) is 11.9 Å². The molecule has 1 aliphatic carbocycles. The van der Waals surface area contributed by atoms with E-state index in [1.54, 1.807) is 6.92 Å². The van der Waals surface area contributed by atoms with Crippen molar-refractivity contribution in [2.24, 2.45) is 0 Å². The van der Waals surface area contributed by atoms with E-state index in [2.05, 4.69) is 10.0 Å². The standard InChI is InChI=1S/C18H18F2N2O4S/c1-11-9-13(27(24,25)22-12-5-6-12)7-8-16(11)26-10-17(23)21-18-14(19)3-2-4-15(18)20/h2-4,7-9,12,22H,5-6,10H2,1H3,(H,21,23). The Labute approximate surface area is 155 Å². The van der Waals surface area contributed by atoms with E-state index < -0.39 is 39.9 Å². The molecule has 9 heteroatoms. The fourth-order valence-electron chi connectivity index (χ4n) is 2.38. The van der Waals surface area contributed by atoms with Gasteiger partial charge in [-0.25, -0.2) is 21.9 Å². The first-order valence-corrected chi connectivity index (χ1v) is 9.74. The Morgan fingerprint density at radius 1 is 1.19 bits per heavy atom. The van der Waals surface area contributed by atoms with Gasteiger partial charge in [0.15, 0.2) is 6.61 Å². The highest BCUT2D eigenvalue weighted by atomic mass is 32.2. The predicted molar refractivity (Wildman–Crippen MR) is 95.0 cm³/mol. The zero-order valence-corrected chi connectivity index (χ0v) is 15.3. The zero-order chi connectivity index (χ0) is 19.6. The van der Waals surface area contributed by atoms with Crippen molar-refractivity contribution in [3.63, 3.8) is 0 Å². The number of carbonyl (C=O) groups is 1. The number of sulfonamides is 1. The van der Waals surface area contributed by atoms with Crippen LogP contribution in [-0.2, 0) is 14.8 Å². The van der Waals surface area contributed by atoms with E-state index in [1.807, 2.05) is 0 Å². The monoisotopic (exact) mass is 396 g/mol. The molecular formula is C18H18F2N2O4S. The summed E-state index contributed by atoms with van der Waals surface area (Å²) in [5, 5.41) is 2.11. The minimum Gasteiger partial charge on any atom is -0.483 e. The summed E-state index contributed by atoms with van der Waals surface area (Å²) in [6.45, 7) is 1.15. The van der Waals surface area contributed by atoms with E-state index >= 15 is 0 Å². The van der Waals surface area contributed by atoms with Crippen LogP contribution < -0.4 is 14.8 Å². The Balaban J connectivity index is 1.63. The van der Waals surface area contributed by atoms with Crippen LogP contribution in [0, 0.1) is 18.6 Å². The van der Waals surface area contributed by atoms with E-state index in [4.69, 9.17) is 4.74 Å². The van der Waals surface area contributed by atoms with Crippen molar-refractivity contribution in [1.29, 1.82) is 0 Å². The van der Waals surface area contributed by atoms with Crippen LogP contribution in [0.15, 0.2) is 41.3 Å². The van der Waals surface area contributed by atoms with Gasteiger partial charge in [-0.15, -0.1) is 0 Å². The second-order valence-corrected chi connectivity index (χ2v) is 7.97. The van der Waals surface area contributed by atoms with E-state index in [0.29, 0.717) is 11.3 Å². The third-order valence-corrected chi connectivity index (χ3v) is 5.46. The van der Waals surface area contributed by atoms with Crippen molar-refractivity contribution in [1.82, 2.24) is 4.72 Å². The molecular weight excluding hydrogens is 378 g/mol. The number of amides is 1. The number of para-hydroxylation sites is 1. The van der Waals surface area contributed by atoms with Gasteiger partial charge in [0.05, 0.1) is 4.90 Å². The maximum atomic E-state index is 13.5. The summed E-state index contributed by atoms with van der Waals surface area (Å²) in [6.07, 6.45) is 1.66. The molecule has 0 aliphatic heterocycles. The van der Waals surface area contributed by atoms with Crippen molar-refractivity contribution in [3.05, 3.63) is 53.6 Å². The summed E-state index contributed by atoms with van der Waals surface area (Å²) in [6, 6.07) is 7.49. The Kier molecular flexibility index (Phi) is 5.43. The number of nitrogens with one attached hydrogen (secondary N) is 2. The molecule has 0 spiro atoms. The lowest BCUT2D eigenvalue weighted by Gasteiger charge is -2.12. The number of hydrogen-bond acceptors (Lipinski definition) is 4. The van der Waals surface area contributed by atoms with Gasteiger partial charge in [0, 0.05) is 6.04 Å². The minimum absolute atomic E-state index is 0.00583. The third-order valence-electron chi connectivity index (χ3n) is 3.94. The van der Waals surface area contributed by atoms with Gasteiger partial charge in [0.25, 0.3) is 5.91 Å². The first-order valence-electron chi connectivity index (χ1n) is 8.26. The number of aryl methyl sites for hydroxylation is 1.